The SMILES string of the molecule is CCCCCCCCCN(S)CCO. The average Bonchev–Trinajstić information content (AvgIpc) is 2.17. The first kappa shape index (κ1) is 14.3. The molecule has 14 heavy (non-hydrogen) atoms. The molecule has 0 aliphatic carbocycles. The Morgan fingerprint density at radius 3 is 2.07 bits per heavy atom. The fourth-order valence-corrected chi connectivity index (χ4v) is 1.71. The predicted molar refractivity (Wildman–Crippen MR) is 65.6 cm³/mol. The van der Waals surface area contributed by atoms with E-state index in [0.717, 1.165) is 6.54 Å². The maximum absolute atomic E-state index is 8.65. The number of hydrogen-bond acceptors (Lipinski definition) is 3. The first-order valence-electron chi connectivity index (χ1n) is 5.86. The van der Waals surface area contributed by atoms with Gasteiger partial charge in [0.05, 0.1) is 6.61 Å². The van der Waals surface area contributed by atoms with Gasteiger partial charge in [-0.05, 0) is 6.42 Å². The van der Waals surface area contributed by atoms with Crippen molar-refractivity contribution >= 4 is 12.8 Å². The van der Waals surface area contributed by atoms with Crippen LogP contribution in [0.4, 0.5) is 0 Å². The first-order chi connectivity index (χ1) is 6.81. The van der Waals surface area contributed by atoms with Gasteiger partial charge in [-0.15, -0.1) is 0 Å². The maximum atomic E-state index is 8.65. The van der Waals surface area contributed by atoms with Gasteiger partial charge >= 0.3 is 0 Å². The van der Waals surface area contributed by atoms with E-state index in [9.17, 15) is 0 Å². The lowest BCUT2D eigenvalue weighted by Gasteiger charge is -2.12. The van der Waals surface area contributed by atoms with Crippen molar-refractivity contribution < 1.29 is 5.11 Å². The molecule has 3 heteroatoms. The molecule has 0 amide bonds. The highest BCUT2D eigenvalue weighted by molar-refractivity contribution is 7.77. The quantitative estimate of drug-likeness (QED) is 0.436. The summed E-state index contributed by atoms with van der Waals surface area (Å²) >= 11 is 4.24. The van der Waals surface area contributed by atoms with E-state index in [1.54, 1.807) is 0 Å². The second-order valence-corrected chi connectivity index (χ2v) is 4.36. The van der Waals surface area contributed by atoms with E-state index in [1.807, 2.05) is 4.31 Å². The Labute approximate surface area is 94.2 Å². The number of unbranched alkanes of at least 4 members (excludes halogenated alkanes) is 6. The van der Waals surface area contributed by atoms with Gasteiger partial charge in [-0.3, -0.25) is 4.31 Å². The highest BCUT2D eigenvalue weighted by Gasteiger charge is 1.97. The van der Waals surface area contributed by atoms with Crippen molar-refractivity contribution in [3.63, 3.8) is 0 Å². The first-order valence-corrected chi connectivity index (χ1v) is 6.26. The summed E-state index contributed by atoms with van der Waals surface area (Å²) in [7, 11) is 0. The molecule has 0 saturated carbocycles. The minimum atomic E-state index is 0.208. The lowest BCUT2D eigenvalue weighted by molar-refractivity contribution is 0.261. The molecule has 0 aromatic heterocycles. The van der Waals surface area contributed by atoms with Gasteiger partial charge < -0.3 is 5.11 Å². The molecular weight excluding hydrogens is 194 g/mol. The monoisotopic (exact) mass is 219 g/mol. The van der Waals surface area contributed by atoms with E-state index >= 15 is 0 Å². The molecule has 0 saturated heterocycles. The number of aliphatic hydroxyl groups excluding tert-OH is 1. The number of rotatable bonds is 10. The second kappa shape index (κ2) is 11.3. The van der Waals surface area contributed by atoms with E-state index in [1.165, 1.54) is 44.9 Å². The van der Waals surface area contributed by atoms with Crippen LogP contribution in [0.25, 0.3) is 0 Å². The van der Waals surface area contributed by atoms with Crippen LogP contribution in [0, 0.1) is 0 Å². The third kappa shape index (κ3) is 10.4. The molecule has 0 aliphatic rings. The summed E-state index contributed by atoms with van der Waals surface area (Å²) in [4.78, 5) is 0. The Kier molecular flexibility index (Phi) is 11.6. The number of nitrogens with zero attached hydrogens (tertiary/aromatic N) is 1. The summed E-state index contributed by atoms with van der Waals surface area (Å²) in [6.45, 7) is 4.13. The topological polar surface area (TPSA) is 23.5 Å². The van der Waals surface area contributed by atoms with E-state index in [4.69, 9.17) is 5.11 Å². The summed E-state index contributed by atoms with van der Waals surface area (Å²) < 4.78 is 1.89. The molecule has 0 atom stereocenters. The normalized spacial score (nSPS) is 11.1. The minimum Gasteiger partial charge on any atom is -0.395 e. The molecule has 0 spiro atoms. The van der Waals surface area contributed by atoms with Gasteiger partial charge in [0.1, 0.15) is 0 Å². The third-order valence-corrected chi connectivity index (χ3v) is 2.78. The Morgan fingerprint density at radius 2 is 1.50 bits per heavy atom. The van der Waals surface area contributed by atoms with Crippen molar-refractivity contribution in [2.75, 3.05) is 19.7 Å². The lowest BCUT2D eigenvalue weighted by Crippen LogP contribution is -2.17. The highest BCUT2D eigenvalue weighted by Crippen LogP contribution is 2.07. The van der Waals surface area contributed by atoms with E-state index < -0.39 is 0 Å². The highest BCUT2D eigenvalue weighted by atomic mass is 32.1. The van der Waals surface area contributed by atoms with Crippen LogP contribution in [-0.4, -0.2) is 29.1 Å². The smallest absolute Gasteiger partial charge is 0.0567 e. The minimum absolute atomic E-state index is 0.208. The largest absolute Gasteiger partial charge is 0.395 e. The van der Waals surface area contributed by atoms with Crippen molar-refractivity contribution in [2.45, 2.75) is 51.9 Å². The average molecular weight is 219 g/mol. The number of aliphatic hydroxyl groups is 1. The fourth-order valence-electron chi connectivity index (χ4n) is 1.48. The molecule has 0 aromatic rings. The van der Waals surface area contributed by atoms with Gasteiger partial charge in [0.25, 0.3) is 0 Å². The van der Waals surface area contributed by atoms with Crippen LogP contribution in [0.3, 0.4) is 0 Å². The third-order valence-electron chi connectivity index (χ3n) is 2.38. The summed E-state index contributed by atoms with van der Waals surface area (Å²) in [6.07, 6.45) is 9.31. The van der Waals surface area contributed by atoms with Crippen LogP contribution in [0.1, 0.15) is 51.9 Å². The van der Waals surface area contributed by atoms with E-state index in [-0.39, 0.29) is 6.61 Å². The van der Waals surface area contributed by atoms with Crippen LogP contribution in [0.5, 0.6) is 0 Å². The molecule has 0 rings (SSSR count). The molecule has 0 radical (unpaired) electrons. The van der Waals surface area contributed by atoms with E-state index in [2.05, 4.69) is 19.7 Å². The Morgan fingerprint density at radius 1 is 0.929 bits per heavy atom. The standard InChI is InChI=1S/C11H25NOS/c1-2-3-4-5-6-7-8-9-12(14)10-11-13/h13-14H,2-11H2,1H3. The summed E-state index contributed by atoms with van der Waals surface area (Å²) in [5.41, 5.74) is 0. The van der Waals surface area contributed by atoms with Crippen LogP contribution in [-0.2, 0) is 0 Å². The van der Waals surface area contributed by atoms with Crippen molar-refractivity contribution in [3.8, 4) is 0 Å². The molecule has 0 heterocycles. The summed E-state index contributed by atoms with van der Waals surface area (Å²) in [5.74, 6) is 0. The molecule has 86 valence electrons. The number of thiol groups is 1. The van der Waals surface area contributed by atoms with Crippen LogP contribution < -0.4 is 0 Å². The maximum Gasteiger partial charge on any atom is 0.0567 e. The van der Waals surface area contributed by atoms with Gasteiger partial charge in [0.15, 0.2) is 0 Å². The molecule has 0 unspecified atom stereocenters. The molecule has 1 N–H and O–H groups in total. The molecule has 0 aromatic carbocycles. The van der Waals surface area contributed by atoms with Crippen LogP contribution in [0.2, 0.25) is 0 Å². The van der Waals surface area contributed by atoms with Crippen molar-refractivity contribution in [3.05, 3.63) is 0 Å². The number of hydrogen-bond donors (Lipinski definition) is 2. The van der Waals surface area contributed by atoms with Crippen molar-refractivity contribution in [2.24, 2.45) is 0 Å². The molecule has 0 aliphatic heterocycles. The zero-order valence-corrected chi connectivity index (χ0v) is 10.3. The molecular formula is C11H25NOS. The van der Waals surface area contributed by atoms with Gasteiger partial charge in [0, 0.05) is 13.1 Å². The second-order valence-electron chi connectivity index (χ2n) is 3.80. The van der Waals surface area contributed by atoms with Crippen molar-refractivity contribution in [1.29, 1.82) is 0 Å². The lowest BCUT2D eigenvalue weighted by atomic mass is 10.1. The van der Waals surface area contributed by atoms with Gasteiger partial charge in [-0.1, -0.05) is 58.3 Å². The predicted octanol–water partition coefficient (Wildman–Crippen LogP) is 2.88. The Balaban J connectivity index is 2.98. The van der Waals surface area contributed by atoms with Gasteiger partial charge in [-0.2, -0.15) is 0 Å². The molecule has 2 nitrogen and oxygen atoms in total. The van der Waals surface area contributed by atoms with Gasteiger partial charge in [0.2, 0.25) is 0 Å². The molecule has 0 fully saturated rings. The summed E-state index contributed by atoms with van der Waals surface area (Å²) in [6, 6.07) is 0. The zero-order chi connectivity index (χ0) is 10.6. The summed E-state index contributed by atoms with van der Waals surface area (Å²) in [5, 5.41) is 8.65. The zero-order valence-electron chi connectivity index (χ0n) is 9.41. The van der Waals surface area contributed by atoms with Crippen LogP contribution in [0.15, 0.2) is 0 Å². The Bertz CT molecular complexity index is 111. The fraction of sp³-hybridized carbons (Fsp3) is 1.00. The molecule has 0 bridgehead atoms. The Hall–Kier alpha value is 0.270. The van der Waals surface area contributed by atoms with Gasteiger partial charge in [-0.25, -0.2) is 0 Å². The van der Waals surface area contributed by atoms with Crippen molar-refractivity contribution in [1.82, 2.24) is 4.31 Å². The van der Waals surface area contributed by atoms with E-state index in [0.29, 0.717) is 6.54 Å². The van der Waals surface area contributed by atoms with Crippen LogP contribution >= 0.6 is 12.8 Å².